The number of carbonyl (C=O) groups excluding carboxylic acids is 2. The van der Waals surface area contributed by atoms with Crippen LogP contribution in [0.3, 0.4) is 0 Å². The third kappa shape index (κ3) is 5.06. The molecule has 1 heterocycles. The predicted octanol–water partition coefficient (Wildman–Crippen LogP) is 2.18. The summed E-state index contributed by atoms with van der Waals surface area (Å²) in [6.07, 6.45) is 2.50. The molecule has 2 fully saturated rings. The van der Waals surface area contributed by atoms with Crippen molar-refractivity contribution < 1.29 is 14.0 Å². The number of halogens is 3. The van der Waals surface area contributed by atoms with Gasteiger partial charge in [-0.05, 0) is 37.4 Å². The Morgan fingerprint density at radius 1 is 1.16 bits per heavy atom. The third-order valence-corrected chi connectivity index (χ3v) is 4.82. The molecule has 25 heavy (non-hydrogen) atoms. The Morgan fingerprint density at radius 3 is 2.40 bits per heavy atom. The maximum atomic E-state index is 13.9. The second kappa shape index (κ2) is 8.83. The lowest BCUT2D eigenvalue weighted by Crippen LogP contribution is -2.52. The van der Waals surface area contributed by atoms with E-state index in [1.54, 1.807) is 9.80 Å². The van der Waals surface area contributed by atoms with E-state index in [0.29, 0.717) is 32.7 Å². The van der Waals surface area contributed by atoms with Gasteiger partial charge in [0.1, 0.15) is 5.82 Å². The molecule has 8 heteroatoms. The maximum Gasteiger partial charge on any atom is 0.258 e. The zero-order valence-corrected chi connectivity index (χ0v) is 15.4. The van der Waals surface area contributed by atoms with Crippen LogP contribution in [0, 0.1) is 11.7 Å². The molecule has 2 amide bonds. The van der Waals surface area contributed by atoms with E-state index in [9.17, 15) is 14.0 Å². The first-order chi connectivity index (χ1) is 11.6. The summed E-state index contributed by atoms with van der Waals surface area (Å²) in [4.78, 5) is 27.9. The number of hydrogen-bond donors (Lipinski definition) is 1. The summed E-state index contributed by atoms with van der Waals surface area (Å²) in [6.45, 7) is 2.93. The molecule has 0 unspecified atom stereocenters. The smallest absolute Gasteiger partial charge is 0.258 e. The van der Waals surface area contributed by atoms with Gasteiger partial charge in [-0.2, -0.15) is 0 Å². The highest BCUT2D eigenvalue weighted by Gasteiger charge is 2.28. The molecule has 1 saturated carbocycles. The molecular weight excluding hydrogens is 368 g/mol. The van der Waals surface area contributed by atoms with Gasteiger partial charge in [0.05, 0.1) is 17.1 Å². The third-order valence-electron chi connectivity index (χ3n) is 4.50. The zero-order chi connectivity index (χ0) is 17.1. The van der Waals surface area contributed by atoms with E-state index in [1.807, 2.05) is 0 Å². The number of nitrogens with zero attached hydrogens (tertiary/aromatic N) is 2. The van der Waals surface area contributed by atoms with E-state index in [0.717, 1.165) is 12.5 Å². The quantitative estimate of drug-likeness (QED) is 0.839. The summed E-state index contributed by atoms with van der Waals surface area (Å²) in [5, 5.41) is 3.29. The molecule has 1 aliphatic heterocycles. The Kier molecular flexibility index (Phi) is 7.04. The van der Waals surface area contributed by atoms with E-state index < -0.39 is 11.7 Å². The molecule has 138 valence electrons. The van der Waals surface area contributed by atoms with Gasteiger partial charge in [0, 0.05) is 26.2 Å². The Hall–Kier alpha value is -1.37. The monoisotopic (exact) mass is 389 g/mol. The highest BCUT2D eigenvalue weighted by molar-refractivity contribution is 6.33. The lowest BCUT2D eigenvalue weighted by atomic mass is 10.1. The number of nitrogens with one attached hydrogen (secondary N) is 1. The van der Waals surface area contributed by atoms with Crippen molar-refractivity contribution in [1.29, 1.82) is 0 Å². The number of rotatable bonds is 5. The average Bonchev–Trinajstić information content (AvgIpc) is 3.39. The Labute approximate surface area is 157 Å². The van der Waals surface area contributed by atoms with Gasteiger partial charge in [-0.3, -0.25) is 9.59 Å². The maximum absolute atomic E-state index is 13.9. The summed E-state index contributed by atoms with van der Waals surface area (Å²) in [5.41, 5.74) is -0.0926. The summed E-state index contributed by atoms with van der Waals surface area (Å²) >= 11 is 5.95. The van der Waals surface area contributed by atoms with Crippen LogP contribution in [0.5, 0.6) is 0 Å². The number of amides is 2. The molecule has 5 nitrogen and oxygen atoms in total. The van der Waals surface area contributed by atoms with E-state index in [2.05, 4.69) is 5.32 Å². The van der Waals surface area contributed by atoms with Crippen molar-refractivity contribution >= 4 is 35.8 Å². The fourth-order valence-electron chi connectivity index (χ4n) is 2.84. The normalized spacial score (nSPS) is 17.2. The van der Waals surface area contributed by atoms with Gasteiger partial charge in [-0.25, -0.2) is 4.39 Å². The fourth-order valence-corrected chi connectivity index (χ4v) is 3.08. The van der Waals surface area contributed by atoms with Gasteiger partial charge in [-0.15, -0.1) is 12.4 Å². The minimum atomic E-state index is -0.615. The van der Waals surface area contributed by atoms with Crippen molar-refractivity contribution in [2.75, 3.05) is 39.3 Å². The molecule has 2 aliphatic rings. The van der Waals surface area contributed by atoms with Gasteiger partial charge in [-0.1, -0.05) is 17.7 Å². The molecule has 1 aromatic rings. The second-order valence-corrected chi connectivity index (χ2v) is 6.75. The number of piperazine rings is 1. The van der Waals surface area contributed by atoms with Gasteiger partial charge < -0.3 is 15.1 Å². The minimum absolute atomic E-state index is 0. The standard InChI is InChI=1S/C17H21ClFN3O2.ClH/c18-13-2-1-3-14(19)16(13)17(24)22-8-6-21(7-9-22)15(23)11-20-10-12-4-5-12;/h1-3,12,20H,4-11H2;1H. The molecule has 0 spiro atoms. The lowest BCUT2D eigenvalue weighted by molar-refractivity contribution is -0.131. The van der Waals surface area contributed by atoms with Gasteiger partial charge in [0.25, 0.3) is 5.91 Å². The van der Waals surface area contributed by atoms with Crippen molar-refractivity contribution in [3.63, 3.8) is 0 Å². The van der Waals surface area contributed by atoms with E-state index in [1.165, 1.54) is 31.0 Å². The van der Waals surface area contributed by atoms with Crippen LogP contribution in [0.2, 0.25) is 5.02 Å². The van der Waals surface area contributed by atoms with E-state index >= 15 is 0 Å². The molecule has 1 aliphatic carbocycles. The van der Waals surface area contributed by atoms with Crippen molar-refractivity contribution in [1.82, 2.24) is 15.1 Å². The first kappa shape index (κ1) is 19.9. The predicted molar refractivity (Wildman–Crippen MR) is 96.7 cm³/mol. The molecule has 0 radical (unpaired) electrons. The summed E-state index contributed by atoms with van der Waals surface area (Å²) in [7, 11) is 0. The first-order valence-corrected chi connectivity index (χ1v) is 8.66. The molecular formula is C17H22Cl2FN3O2. The Morgan fingerprint density at radius 2 is 1.80 bits per heavy atom. The number of benzene rings is 1. The van der Waals surface area contributed by atoms with Crippen molar-refractivity contribution in [2.45, 2.75) is 12.8 Å². The van der Waals surface area contributed by atoms with Crippen LogP contribution in [0.1, 0.15) is 23.2 Å². The molecule has 1 N–H and O–H groups in total. The Balaban J connectivity index is 0.00000225. The molecule has 0 bridgehead atoms. The molecule has 0 atom stereocenters. The van der Waals surface area contributed by atoms with Crippen LogP contribution in [0.15, 0.2) is 18.2 Å². The van der Waals surface area contributed by atoms with Gasteiger partial charge in [0.2, 0.25) is 5.91 Å². The van der Waals surface area contributed by atoms with Crippen molar-refractivity contribution in [3.05, 3.63) is 34.6 Å². The lowest BCUT2D eigenvalue weighted by Gasteiger charge is -2.35. The summed E-state index contributed by atoms with van der Waals surface area (Å²) < 4.78 is 13.9. The highest BCUT2D eigenvalue weighted by Crippen LogP contribution is 2.27. The van der Waals surface area contributed by atoms with Crippen LogP contribution >= 0.6 is 24.0 Å². The van der Waals surface area contributed by atoms with E-state index in [4.69, 9.17) is 11.6 Å². The van der Waals surface area contributed by atoms with Crippen molar-refractivity contribution in [2.24, 2.45) is 5.92 Å². The average molecular weight is 390 g/mol. The minimum Gasteiger partial charge on any atom is -0.338 e. The summed E-state index contributed by atoms with van der Waals surface area (Å²) in [5.74, 6) is -0.253. The van der Waals surface area contributed by atoms with Crippen LogP contribution in [0.4, 0.5) is 4.39 Å². The topological polar surface area (TPSA) is 52.7 Å². The number of carbonyl (C=O) groups is 2. The van der Waals surface area contributed by atoms with Crippen LogP contribution in [-0.2, 0) is 4.79 Å². The zero-order valence-electron chi connectivity index (χ0n) is 13.8. The van der Waals surface area contributed by atoms with Crippen LogP contribution in [-0.4, -0.2) is 60.9 Å². The number of hydrogen-bond acceptors (Lipinski definition) is 3. The fraction of sp³-hybridized carbons (Fsp3) is 0.529. The summed E-state index contributed by atoms with van der Waals surface area (Å²) in [6, 6.07) is 4.20. The second-order valence-electron chi connectivity index (χ2n) is 6.34. The van der Waals surface area contributed by atoms with Crippen LogP contribution in [0.25, 0.3) is 0 Å². The molecule has 0 aromatic heterocycles. The molecule has 1 aromatic carbocycles. The van der Waals surface area contributed by atoms with E-state index in [-0.39, 0.29) is 28.9 Å². The van der Waals surface area contributed by atoms with Gasteiger partial charge in [0.15, 0.2) is 0 Å². The molecule has 3 rings (SSSR count). The highest BCUT2D eigenvalue weighted by atomic mass is 35.5. The largest absolute Gasteiger partial charge is 0.338 e. The molecule has 1 saturated heterocycles. The first-order valence-electron chi connectivity index (χ1n) is 8.28. The van der Waals surface area contributed by atoms with Gasteiger partial charge >= 0.3 is 0 Å². The SMILES string of the molecule is Cl.O=C(CNCC1CC1)N1CCN(C(=O)c2c(F)cccc2Cl)CC1. The van der Waals surface area contributed by atoms with Crippen molar-refractivity contribution in [3.8, 4) is 0 Å². The Bertz CT molecular complexity index is 612. The van der Waals surface area contributed by atoms with Crippen LogP contribution < -0.4 is 5.32 Å².